The summed E-state index contributed by atoms with van der Waals surface area (Å²) >= 11 is 0. The van der Waals surface area contributed by atoms with Crippen molar-refractivity contribution in [3.8, 4) is 0 Å². The fourth-order valence-electron chi connectivity index (χ4n) is 3.31. The number of carbonyl (C=O) groups excluding carboxylic acids is 4. The van der Waals surface area contributed by atoms with Gasteiger partial charge >= 0.3 is 12.1 Å². The van der Waals surface area contributed by atoms with Crippen LogP contribution in [0.4, 0.5) is 4.79 Å². The SMILES string of the molecule is CCOC(=O)C[C@@H](C)[C@@H](NC(=O)[C@@H](Cc1ccccc1)NC(=O)OCc1ccccc1)C(N)=O. The van der Waals surface area contributed by atoms with Gasteiger partial charge < -0.3 is 25.8 Å². The van der Waals surface area contributed by atoms with Gasteiger partial charge in [0.05, 0.1) is 13.0 Å². The van der Waals surface area contributed by atoms with Crippen LogP contribution in [-0.4, -0.2) is 42.6 Å². The van der Waals surface area contributed by atoms with Gasteiger partial charge in [0.15, 0.2) is 0 Å². The molecule has 3 amide bonds. The number of alkyl carbamates (subject to hydrolysis) is 1. The Kier molecular flexibility index (Phi) is 10.6. The number of hydrogen-bond donors (Lipinski definition) is 3. The van der Waals surface area contributed by atoms with Crippen molar-refractivity contribution in [2.75, 3.05) is 6.61 Å². The predicted octanol–water partition coefficient (Wildman–Crippen LogP) is 2.08. The molecule has 34 heavy (non-hydrogen) atoms. The molecule has 0 aliphatic rings. The topological polar surface area (TPSA) is 137 Å². The molecule has 0 spiro atoms. The lowest BCUT2D eigenvalue weighted by molar-refractivity contribution is -0.145. The summed E-state index contributed by atoms with van der Waals surface area (Å²) in [4.78, 5) is 49.3. The average molecular weight is 470 g/mol. The molecule has 0 saturated carbocycles. The number of nitrogens with two attached hydrogens (primary N) is 1. The second-order valence-electron chi connectivity index (χ2n) is 7.82. The number of nitrogens with one attached hydrogen (secondary N) is 2. The minimum atomic E-state index is -1.13. The van der Waals surface area contributed by atoms with Crippen LogP contribution in [0.15, 0.2) is 60.7 Å². The van der Waals surface area contributed by atoms with Crippen molar-refractivity contribution in [1.82, 2.24) is 10.6 Å². The molecular weight excluding hydrogens is 438 g/mol. The summed E-state index contributed by atoms with van der Waals surface area (Å²) < 4.78 is 10.2. The molecule has 0 aromatic heterocycles. The van der Waals surface area contributed by atoms with E-state index in [1.165, 1.54) is 0 Å². The maximum absolute atomic E-state index is 13.1. The zero-order valence-corrected chi connectivity index (χ0v) is 19.4. The molecular formula is C25H31N3O6. The van der Waals surface area contributed by atoms with E-state index < -0.39 is 41.9 Å². The van der Waals surface area contributed by atoms with E-state index in [2.05, 4.69) is 10.6 Å². The van der Waals surface area contributed by atoms with Crippen LogP contribution in [-0.2, 0) is 36.9 Å². The Labute approximate surface area is 199 Å². The molecule has 3 atom stereocenters. The molecule has 182 valence electrons. The third kappa shape index (κ3) is 8.93. The first kappa shape index (κ1) is 26.4. The molecule has 0 bridgehead atoms. The van der Waals surface area contributed by atoms with Gasteiger partial charge in [-0.05, 0) is 24.0 Å². The lowest BCUT2D eigenvalue weighted by Crippen LogP contribution is -2.55. The van der Waals surface area contributed by atoms with Crippen LogP contribution in [0.5, 0.6) is 0 Å². The van der Waals surface area contributed by atoms with Crippen molar-refractivity contribution in [3.63, 3.8) is 0 Å². The van der Waals surface area contributed by atoms with Crippen molar-refractivity contribution in [1.29, 1.82) is 0 Å². The van der Waals surface area contributed by atoms with Crippen LogP contribution in [0.25, 0.3) is 0 Å². The number of hydrogen-bond acceptors (Lipinski definition) is 6. The number of rotatable bonds is 12. The van der Waals surface area contributed by atoms with Crippen molar-refractivity contribution >= 4 is 23.9 Å². The maximum atomic E-state index is 13.1. The Morgan fingerprint density at radius 1 is 0.882 bits per heavy atom. The van der Waals surface area contributed by atoms with E-state index in [0.29, 0.717) is 0 Å². The number of benzene rings is 2. The third-order valence-corrected chi connectivity index (χ3v) is 5.07. The lowest BCUT2D eigenvalue weighted by atomic mass is 9.96. The zero-order valence-electron chi connectivity index (χ0n) is 19.4. The Hall–Kier alpha value is -3.88. The summed E-state index contributed by atoms with van der Waals surface area (Å²) in [5.74, 6) is -2.53. The average Bonchev–Trinajstić information content (AvgIpc) is 2.81. The molecule has 2 aromatic rings. The van der Waals surface area contributed by atoms with Gasteiger partial charge in [0.25, 0.3) is 0 Å². The van der Waals surface area contributed by atoms with E-state index in [4.69, 9.17) is 15.2 Å². The fraction of sp³-hybridized carbons (Fsp3) is 0.360. The molecule has 0 fully saturated rings. The molecule has 0 unspecified atom stereocenters. The minimum Gasteiger partial charge on any atom is -0.466 e. The number of carbonyl (C=O) groups is 4. The lowest BCUT2D eigenvalue weighted by Gasteiger charge is -2.25. The van der Waals surface area contributed by atoms with Crippen LogP contribution in [0, 0.1) is 5.92 Å². The first-order valence-electron chi connectivity index (χ1n) is 11.1. The van der Waals surface area contributed by atoms with Gasteiger partial charge in [0.1, 0.15) is 18.7 Å². The van der Waals surface area contributed by atoms with Crippen molar-refractivity contribution in [2.24, 2.45) is 11.7 Å². The number of ether oxygens (including phenoxy) is 2. The smallest absolute Gasteiger partial charge is 0.408 e. The van der Waals surface area contributed by atoms with Gasteiger partial charge in [-0.3, -0.25) is 14.4 Å². The van der Waals surface area contributed by atoms with Crippen LogP contribution >= 0.6 is 0 Å². The summed E-state index contributed by atoms with van der Waals surface area (Å²) in [6.45, 7) is 3.52. The second kappa shape index (κ2) is 13.6. The standard InChI is InChI=1S/C25H31N3O6/c1-3-33-21(29)14-17(2)22(23(26)30)28-24(31)20(15-18-10-6-4-7-11-18)27-25(32)34-16-19-12-8-5-9-13-19/h4-13,17,20,22H,3,14-16H2,1-2H3,(H2,26,30)(H,27,32)(H,28,31)/t17-,20-,22-/m1/s1. The van der Waals surface area contributed by atoms with Gasteiger partial charge in [0, 0.05) is 6.42 Å². The van der Waals surface area contributed by atoms with E-state index in [0.717, 1.165) is 11.1 Å². The molecule has 0 radical (unpaired) electrons. The summed E-state index contributed by atoms with van der Waals surface area (Å²) in [6, 6.07) is 16.0. The number of primary amides is 1. The Morgan fingerprint density at radius 2 is 1.47 bits per heavy atom. The molecule has 4 N–H and O–H groups in total. The zero-order chi connectivity index (χ0) is 24.9. The highest BCUT2D eigenvalue weighted by molar-refractivity contribution is 5.91. The highest BCUT2D eigenvalue weighted by atomic mass is 16.5. The largest absolute Gasteiger partial charge is 0.466 e. The number of esters is 1. The highest BCUT2D eigenvalue weighted by Gasteiger charge is 2.31. The second-order valence-corrected chi connectivity index (χ2v) is 7.82. The van der Waals surface area contributed by atoms with Gasteiger partial charge in [-0.25, -0.2) is 4.79 Å². The molecule has 0 heterocycles. The first-order chi connectivity index (χ1) is 16.3. The number of amides is 3. The van der Waals surface area contributed by atoms with E-state index >= 15 is 0 Å². The van der Waals surface area contributed by atoms with Gasteiger partial charge in [-0.15, -0.1) is 0 Å². The van der Waals surface area contributed by atoms with Crippen LogP contribution in [0.3, 0.4) is 0 Å². The Balaban J connectivity index is 2.09. The quantitative estimate of drug-likeness (QED) is 0.407. The minimum absolute atomic E-state index is 0.0346. The van der Waals surface area contributed by atoms with Crippen molar-refractivity contribution in [3.05, 3.63) is 71.8 Å². The van der Waals surface area contributed by atoms with E-state index in [1.807, 2.05) is 60.7 Å². The molecule has 0 aliphatic carbocycles. The third-order valence-electron chi connectivity index (χ3n) is 5.07. The monoisotopic (exact) mass is 469 g/mol. The molecule has 2 aromatic carbocycles. The van der Waals surface area contributed by atoms with Crippen LogP contribution in [0.2, 0.25) is 0 Å². The Morgan fingerprint density at radius 3 is 2.03 bits per heavy atom. The molecule has 9 nitrogen and oxygen atoms in total. The summed E-state index contributed by atoms with van der Waals surface area (Å²) in [7, 11) is 0. The summed E-state index contributed by atoms with van der Waals surface area (Å²) in [5, 5.41) is 5.13. The van der Waals surface area contributed by atoms with Crippen LogP contribution < -0.4 is 16.4 Å². The molecule has 2 rings (SSSR count). The summed E-state index contributed by atoms with van der Waals surface area (Å²) in [5.41, 5.74) is 7.07. The van der Waals surface area contributed by atoms with Gasteiger partial charge in [-0.1, -0.05) is 67.6 Å². The van der Waals surface area contributed by atoms with Crippen molar-refractivity contribution < 1.29 is 28.7 Å². The highest BCUT2D eigenvalue weighted by Crippen LogP contribution is 2.11. The summed E-state index contributed by atoms with van der Waals surface area (Å²) in [6.07, 6.45) is -0.724. The fourth-order valence-corrected chi connectivity index (χ4v) is 3.31. The Bertz CT molecular complexity index is 952. The normalized spacial score (nSPS) is 13.1. The first-order valence-corrected chi connectivity index (χ1v) is 11.1. The molecule has 0 aliphatic heterocycles. The molecule has 0 saturated heterocycles. The van der Waals surface area contributed by atoms with Gasteiger partial charge in [0.2, 0.25) is 11.8 Å². The van der Waals surface area contributed by atoms with E-state index in [-0.39, 0.29) is 26.1 Å². The van der Waals surface area contributed by atoms with E-state index in [1.54, 1.807) is 13.8 Å². The van der Waals surface area contributed by atoms with Crippen LogP contribution in [0.1, 0.15) is 31.4 Å². The van der Waals surface area contributed by atoms with Crippen molar-refractivity contribution in [2.45, 2.75) is 45.4 Å². The maximum Gasteiger partial charge on any atom is 0.408 e. The van der Waals surface area contributed by atoms with E-state index in [9.17, 15) is 19.2 Å². The predicted molar refractivity (Wildman–Crippen MR) is 125 cm³/mol. The van der Waals surface area contributed by atoms with Gasteiger partial charge in [-0.2, -0.15) is 0 Å². The molecule has 9 heteroatoms.